The zero-order valence-corrected chi connectivity index (χ0v) is 9.87. The number of rotatable bonds is 3. The first-order valence-corrected chi connectivity index (χ1v) is 4.58. The van der Waals surface area contributed by atoms with Crippen molar-refractivity contribution in [2.75, 3.05) is 6.67 Å². The summed E-state index contributed by atoms with van der Waals surface area (Å²) in [6.07, 6.45) is -4.81. The van der Waals surface area contributed by atoms with E-state index in [1.54, 1.807) is 0 Å². The first kappa shape index (κ1) is 16.3. The highest BCUT2D eigenvalue weighted by molar-refractivity contribution is 6.32. The predicted molar refractivity (Wildman–Crippen MR) is 58.3 cm³/mol. The van der Waals surface area contributed by atoms with Gasteiger partial charge >= 0.3 is 6.36 Å². The van der Waals surface area contributed by atoms with Crippen LogP contribution >= 0.6 is 24.0 Å². The Bertz CT molecular complexity index is 373. The summed E-state index contributed by atoms with van der Waals surface area (Å²) in [5.41, 5.74) is 5.65. The fourth-order valence-electron chi connectivity index (χ4n) is 1.04. The minimum absolute atomic E-state index is 0. The Kier molecular flexibility index (Phi) is 6.01. The Morgan fingerprint density at radius 3 is 2.35 bits per heavy atom. The molecule has 0 fully saturated rings. The van der Waals surface area contributed by atoms with Crippen molar-refractivity contribution >= 4 is 24.0 Å². The fraction of sp³-hybridized carbons (Fsp3) is 0.333. The molecule has 1 aromatic rings. The summed E-state index contributed by atoms with van der Waals surface area (Å²) in [7, 11) is 0. The van der Waals surface area contributed by atoms with Crippen LogP contribution in [-0.4, -0.2) is 13.0 Å². The van der Waals surface area contributed by atoms with Crippen molar-refractivity contribution in [3.05, 3.63) is 28.8 Å². The summed E-state index contributed by atoms with van der Waals surface area (Å²) in [6, 6.07) is 2.47. The smallest absolute Gasteiger partial charge is 0.404 e. The Hall–Kier alpha value is -0.720. The Balaban J connectivity index is 0.00000256. The van der Waals surface area contributed by atoms with E-state index in [0.717, 1.165) is 12.1 Å². The third-order valence-electron chi connectivity index (χ3n) is 1.78. The van der Waals surface area contributed by atoms with Crippen LogP contribution in [0.3, 0.4) is 0 Å². The van der Waals surface area contributed by atoms with Gasteiger partial charge in [-0.1, -0.05) is 17.7 Å². The van der Waals surface area contributed by atoms with Gasteiger partial charge in [0.25, 0.3) is 0 Å². The zero-order chi connectivity index (χ0) is 12.3. The van der Waals surface area contributed by atoms with Crippen molar-refractivity contribution in [1.82, 2.24) is 0 Å². The van der Waals surface area contributed by atoms with E-state index >= 15 is 0 Å². The Morgan fingerprint density at radius 1 is 1.35 bits per heavy atom. The molecule has 0 bridgehead atoms. The minimum atomic E-state index is -4.81. The van der Waals surface area contributed by atoms with Crippen LogP contribution in [-0.2, 0) is 0 Å². The average molecular weight is 294 g/mol. The Morgan fingerprint density at radius 2 is 1.94 bits per heavy atom. The van der Waals surface area contributed by atoms with Crippen LogP contribution in [0.2, 0.25) is 5.02 Å². The number of ether oxygens (including phenoxy) is 1. The van der Waals surface area contributed by atoms with Gasteiger partial charge in [0.1, 0.15) is 12.4 Å². The zero-order valence-electron chi connectivity index (χ0n) is 8.30. The van der Waals surface area contributed by atoms with Crippen LogP contribution in [0, 0.1) is 0 Å². The van der Waals surface area contributed by atoms with Crippen molar-refractivity contribution in [1.29, 1.82) is 0 Å². The van der Waals surface area contributed by atoms with Crippen LogP contribution in [0.1, 0.15) is 11.6 Å². The summed E-state index contributed by atoms with van der Waals surface area (Å²) in [5, 5.41) is -0.265. The maximum atomic E-state index is 12.2. The molecule has 0 unspecified atom stereocenters. The number of hydrogen-bond donors (Lipinski definition) is 1. The molecular weight excluding hydrogens is 285 g/mol. The van der Waals surface area contributed by atoms with Gasteiger partial charge in [-0.2, -0.15) is 0 Å². The lowest BCUT2D eigenvalue weighted by molar-refractivity contribution is -0.274. The lowest BCUT2D eigenvalue weighted by Crippen LogP contribution is -2.18. The van der Waals surface area contributed by atoms with Gasteiger partial charge in [-0.15, -0.1) is 25.6 Å². The summed E-state index contributed by atoms with van der Waals surface area (Å²) in [6.45, 7) is -0.824. The molecule has 8 heteroatoms. The minimum Gasteiger partial charge on any atom is -0.404 e. The average Bonchev–Trinajstić information content (AvgIpc) is 2.18. The molecule has 2 N–H and O–H groups in total. The molecule has 0 heterocycles. The second-order valence-electron chi connectivity index (χ2n) is 3.00. The van der Waals surface area contributed by atoms with E-state index in [1.165, 1.54) is 6.07 Å². The third-order valence-corrected chi connectivity index (χ3v) is 2.07. The van der Waals surface area contributed by atoms with Crippen molar-refractivity contribution < 1.29 is 22.3 Å². The van der Waals surface area contributed by atoms with Gasteiger partial charge in [0.2, 0.25) is 0 Å². The standard InChI is InChI=1S/C9H8ClF4NO.ClH/c10-6-3-5(7(15)4-11)1-2-8(6)16-9(12,13)14;/h1-3,7H,4,15H2;1H/t7-;/m0./s1. The van der Waals surface area contributed by atoms with Crippen molar-refractivity contribution in [2.24, 2.45) is 5.73 Å². The van der Waals surface area contributed by atoms with Crippen molar-refractivity contribution in [3.63, 3.8) is 0 Å². The molecular formula is C9H9Cl2F4NO. The first-order chi connectivity index (χ1) is 7.33. The molecule has 0 aliphatic rings. The Labute approximate surface area is 106 Å². The number of nitrogens with two attached hydrogens (primary N) is 1. The summed E-state index contributed by atoms with van der Waals surface area (Å²) < 4.78 is 51.5. The molecule has 1 atom stereocenters. The lowest BCUT2D eigenvalue weighted by atomic mass is 10.1. The van der Waals surface area contributed by atoms with Crippen molar-refractivity contribution in [3.8, 4) is 5.75 Å². The van der Waals surface area contributed by atoms with Crippen LogP contribution in [0.15, 0.2) is 18.2 Å². The molecule has 0 aromatic heterocycles. The molecule has 0 amide bonds. The fourth-order valence-corrected chi connectivity index (χ4v) is 1.27. The van der Waals surface area contributed by atoms with Gasteiger partial charge < -0.3 is 10.5 Å². The number of halogens is 6. The summed E-state index contributed by atoms with van der Waals surface area (Å²) in [5.74, 6) is -0.538. The van der Waals surface area contributed by atoms with Gasteiger partial charge in [0.15, 0.2) is 0 Å². The van der Waals surface area contributed by atoms with E-state index in [2.05, 4.69) is 4.74 Å². The quantitative estimate of drug-likeness (QED) is 0.864. The maximum absolute atomic E-state index is 12.2. The molecule has 0 radical (unpaired) electrons. The maximum Gasteiger partial charge on any atom is 0.573 e. The molecule has 17 heavy (non-hydrogen) atoms. The lowest BCUT2D eigenvalue weighted by Gasteiger charge is -2.13. The number of hydrogen-bond acceptors (Lipinski definition) is 2. The predicted octanol–water partition coefficient (Wildman–Crippen LogP) is 3.63. The summed E-state index contributed by atoms with van der Waals surface area (Å²) in [4.78, 5) is 0. The monoisotopic (exact) mass is 293 g/mol. The third kappa shape index (κ3) is 4.97. The largest absolute Gasteiger partial charge is 0.573 e. The molecule has 0 saturated carbocycles. The SMILES string of the molecule is Cl.N[C@@H](CF)c1ccc(OC(F)(F)F)c(Cl)c1. The van der Waals surface area contributed by atoms with Gasteiger partial charge in [0.05, 0.1) is 11.1 Å². The number of alkyl halides is 4. The van der Waals surface area contributed by atoms with E-state index in [1.807, 2.05) is 0 Å². The highest BCUT2D eigenvalue weighted by Gasteiger charge is 2.32. The molecule has 98 valence electrons. The van der Waals surface area contributed by atoms with E-state index in [9.17, 15) is 17.6 Å². The molecule has 1 rings (SSSR count). The topological polar surface area (TPSA) is 35.2 Å². The second kappa shape index (κ2) is 6.28. The van der Waals surface area contributed by atoms with E-state index in [4.69, 9.17) is 17.3 Å². The second-order valence-corrected chi connectivity index (χ2v) is 3.41. The van der Waals surface area contributed by atoms with Gasteiger partial charge in [-0.25, -0.2) is 4.39 Å². The first-order valence-electron chi connectivity index (χ1n) is 4.20. The molecule has 0 spiro atoms. The normalized spacial score (nSPS) is 12.8. The van der Waals surface area contributed by atoms with Gasteiger partial charge in [0, 0.05) is 0 Å². The van der Waals surface area contributed by atoms with E-state index in [0.29, 0.717) is 5.56 Å². The van der Waals surface area contributed by atoms with Crippen LogP contribution in [0.4, 0.5) is 17.6 Å². The van der Waals surface area contributed by atoms with Crippen LogP contribution in [0.25, 0.3) is 0 Å². The van der Waals surface area contributed by atoms with Crippen LogP contribution in [0.5, 0.6) is 5.75 Å². The highest BCUT2D eigenvalue weighted by Crippen LogP contribution is 2.31. The highest BCUT2D eigenvalue weighted by atomic mass is 35.5. The van der Waals surface area contributed by atoms with Crippen molar-refractivity contribution in [2.45, 2.75) is 12.4 Å². The van der Waals surface area contributed by atoms with Gasteiger partial charge in [-0.3, -0.25) is 0 Å². The summed E-state index contributed by atoms with van der Waals surface area (Å²) >= 11 is 5.53. The molecule has 0 aliphatic heterocycles. The molecule has 0 saturated heterocycles. The molecule has 2 nitrogen and oxygen atoms in total. The van der Waals surface area contributed by atoms with E-state index < -0.39 is 24.8 Å². The number of benzene rings is 1. The molecule has 1 aromatic carbocycles. The van der Waals surface area contributed by atoms with E-state index in [-0.39, 0.29) is 17.4 Å². The molecule has 0 aliphatic carbocycles. The van der Waals surface area contributed by atoms with Gasteiger partial charge in [-0.05, 0) is 17.7 Å². The van der Waals surface area contributed by atoms with Crippen LogP contribution < -0.4 is 10.5 Å².